The van der Waals surface area contributed by atoms with Crippen molar-refractivity contribution in [3.8, 4) is 0 Å². The molecule has 5 heteroatoms. The van der Waals surface area contributed by atoms with Crippen molar-refractivity contribution in [2.75, 3.05) is 0 Å². The van der Waals surface area contributed by atoms with Crippen molar-refractivity contribution in [2.24, 2.45) is 0 Å². The molecule has 0 aliphatic rings. The molecule has 62 valence electrons. The molecule has 0 aromatic heterocycles. The minimum atomic E-state index is -2.49. The second-order valence-electron chi connectivity index (χ2n) is 2.03. The van der Waals surface area contributed by atoms with Gasteiger partial charge in [0.2, 0.25) is 5.63 Å². The second-order valence-corrected chi connectivity index (χ2v) is 4.96. The van der Waals surface area contributed by atoms with Gasteiger partial charge in [-0.1, -0.05) is 48.8 Å². The number of hydrogen-bond donors (Lipinski definition) is 0. The number of halogens is 4. The molecular formula is C5H8Cl2F2S. The third-order valence-electron chi connectivity index (χ3n) is 0.647. The standard InChI is InChI=1S/C5H8Cl2F2S/c1-3(2)10-5(7,9)4(6)8/h3-4H,1-2H3. The first-order valence-electron chi connectivity index (χ1n) is 2.70. The van der Waals surface area contributed by atoms with E-state index >= 15 is 0 Å². The van der Waals surface area contributed by atoms with Gasteiger partial charge in [-0.2, -0.15) is 0 Å². The van der Waals surface area contributed by atoms with Crippen LogP contribution in [0.1, 0.15) is 13.8 Å². The summed E-state index contributed by atoms with van der Waals surface area (Å²) in [5, 5.41) is -0.0838. The zero-order chi connectivity index (χ0) is 8.36. The Hall–Kier alpha value is 0.790. The molecule has 2 unspecified atom stereocenters. The summed E-state index contributed by atoms with van der Waals surface area (Å²) >= 11 is 10.5. The molecule has 0 N–H and O–H groups in total. The van der Waals surface area contributed by atoms with Crippen LogP contribution in [0.2, 0.25) is 0 Å². The Labute approximate surface area is 73.3 Å². The zero-order valence-electron chi connectivity index (χ0n) is 5.57. The van der Waals surface area contributed by atoms with Gasteiger partial charge in [0.05, 0.1) is 0 Å². The van der Waals surface area contributed by atoms with Crippen LogP contribution in [0.3, 0.4) is 0 Å². The van der Waals surface area contributed by atoms with Gasteiger partial charge < -0.3 is 0 Å². The van der Waals surface area contributed by atoms with Gasteiger partial charge in [-0.3, -0.25) is 0 Å². The Kier molecular flexibility index (Phi) is 4.29. The van der Waals surface area contributed by atoms with Gasteiger partial charge in [0.25, 0.3) is 4.46 Å². The van der Waals surface area contributed by atoms with Crippen LogP contribution in [-0.4, -0.2) is 15.3 Å². The van der Waals surface area contributed by atoms with E-state index in [0.717, 1.165) is 0 Å². The summed E-state index contributed by atoms with van der Waals surface area (Å²) in [6.07, 6.45) is 0. The predicted octanol–water partition coefficient (Wildman–Crippen LogP) is 3.52. The van der Waals surface area contributed by atoms with Crippen LogP contribution < -0.4 is 0 Å². The van der Waals surface area contributed by atoms with Gasteiger partial charge in [-0.15, -0.1) is 0 Å². The highest BCUT2D eigenvalue weighted by atomic mass is 35.5. The van der Waals surface area contributed by atoms with E-state index in [1.807, 2.05) is 0 Å². The summed E-state index contributed by atoms with van der Waals surface area (Å²) in [4.78, 5) is 0. The van der Waals surface area contributed by atoms with Crippen LogP contribution in [0.25, 0.3) is 0 Å². The molecule has 0 heterocycles. The number of alkyl halides is 4. The van der Waals surface area contributed by atoms with Gasteiger partial charge in [0.1, 0.15) is 0 Å². The summed E-state index contributed by atoms with van der Waals surface area (Å²) in [5.74, 6) is 0. The van der Waals surface area contributed by atoms with Crippen LogP contribution in [0.4, 0.5) is 8.78 Å². The minimum absolute atomic E-state index is 0.0838. The third-order valence-corrected chi connectivity index (χ3v) is 2.64. The van der Waals surface area contributed by atoms with Crippen molar-refractivity contribution in [1.29, 1.82) is 0 Å². The lowest BCUT2D eigenvalue weighted by molar-refractivity contribution is 0.275. The average Bonchev–Trinajstić information content (AvgIpc) is 1.60. The highest BCUT2D eigenvalue weighted by molar-refractivity contribution is 8.02. The van der Waals surface area contributed by atoms with Gasteiger partial charge in [-0.05, 0) is 0 Å². The van der Waals surface area contributed by atoms with Crippen molar-refractivity contribution in [2.45, 2.75) is 29.2 Å². The van der Waals surface area contributed by atoms with Gasteiger partial charge in [0.15, 0.2) is 0 Å². The van der Waals surface area contributed by atoms with E-state index in [-0.39, 0.29) is 5.25 Å². The molecule has 0 saturated heterocycles. The van der Waals surface area contributed by atoms with Crippen LogP contribution >= 0.6 is 35.0 Å². The first kappa shape index (κ1) is 10.8. The van der Waals surface area contributed by atoms with Crippen LogP contribution in [0.5, 0.6) is 0 Å². The molecule has 0 aliphatic heterocycles. The molecule has 2 atom stereocenters. The van der Waals surface area contributed by atoms with Gasteiger partial charge >= 0.3 is 0 Å². The van der Waals surface area contributed by atoms with E-state index in [9.17, 15) is 8.78 Å². The molecule has 0 radical (unpaired) electrons. The highest BCUT2D eigenvalue weighted by Gasteiger charge is 2.37. The average molecular weight is 209 g/mol. The molecule has 0 spiro atoms. The van der Waals surface area contributed by atoms with Crippen molar-refractivity contribution in [1.82, 2.24) is 0 Å². The fourth-order valence-electron chi connectivity index (χ4n) is 0.366. The Morgan fingerprint density at radius 2 is 1.90 bits per heavy atom. The van der Waals surface area contributed by atoms with E-state index in [0.29, 0.717) is 11.8 Å². The largest absolute Gasteiger partial charge is 0.274 e. The monoisotopic (exact) mass is 208 g/mol. The summed E-state index contributed by atoms with van der Waals surface area (Å²) in [5.41, 5.74) is -2.17. The predicted molar refractivity (Wildman–Crippen MR) is 43.2 cm³/mol. The van der Waals surface area contributed by atoms with E-state index < -0.39 is 10.1 Å². The van der Waals surface area contributed by atoms with Crippen LogP contribution in [0.15, 0.2) is 0 Å². The normalized spacial score (nSPS) is 20.7. The van der Waals surface area contributed by atoms with E-state index in [4.69, 9.17) is 23.2 Å². The van der Waals surface area contributed by atoms with Crippen molar-refractivity contribution < 1.29 is 8.78 Å². The first-order chi connectivity index (χ1) is 4.36. The maximum absolute atomic E-state index is 12.7. The zero-order valence-corrected chi connectivity index (χ0v) is 7.90. The lowest BCUT2D eigenvalue weighted by atomic mass is 10.6. The summed E-state index contributed by atoms with van der Waals surface area (Å²) < 4.78 is 22.3. The Morgan fingerprint density at radius 3 is 2.00 bits per heavy atom. The molecule has 0 fully saturated rings. The van der Waals surface area contributed by atoms with Crippen molar-refractivity contribution in [3.05, 3.63) is 0 Å². The third kappa shape index (κ3) is 3.84. The SMILES string of the molecule is CC(C)SC(F)(Cl)C(F)Cl. The minimum Gasteiger partial charge on any atom is -0.224 e. The molecule has 0 bridgehead atoms. The molecule has 0 aromatic rings. The summed E-state index contributed by atoms with van der Waals surface area (Å²) in [7, 11) is 0. The molecule has 0 saturated carbocycles. The smallest absolute Gasteiger partial charge is 0.224 e. The number of thioether (sulfide) groups is 1. The molecule has 10 heavy (non-hydrogen) atoms. The van der Waals surface area contributed by atoms with E-state index in [1.165, 1.54) is 0 Å². The van der Waals surface area contributed by atoms with Crippen LogP contribution in [-0.2, 0) is 0 Å². The molecule has 0 aromatic carbocycles. The number of hydrogen-bond acceptors (Lipinski definition) is 1. The van der Waals surface area contributed by atoms with Crippen molar-refractivity contribution >= 4 is 35.0 Å². The Morgan fingerprint density at radius 1 is 1.50 bits per heavy atom. The first-order valence-corrected chi connectivity index (χ1v) is 4.39. The molecular weight excluding hydrogens is 201 g/mol. The lowest BCUT2D eigenvalue weighted by Crippen LogP contribution is -2.21. The van der Waals surface area contributed by atoms with Gasteiger partial charge in [0, 0.05) is 5.25 Å². The summed E-state index contributed by atoms with van der Waals surface area (Å²) in [6.45, 7) is 3.42. The molecule has 0 nitrogen and oxygen atoms in total. The number of rotatable bonds is 3. The molecule has 0 aliphatic carbocycles. The topological polar surface area (TPSA) is 0 Å². The quantitative estimate of drug-likeness (QED) is 0.640. The Bertz CT molecular complexity index is 106. The maximum atomic E-state index is 12.7. The fourth-order valence-corrected chi connectivity index (χ4v) is 1.79. The van der Waals surface area contributed by atoms with Crippen LogP contribution in [0, 0.1) is 0 Å². The fraction of sp³-hybridized carbons (Fsp3) is 1.00. The highest BCUT2D eigenvalue weighted by Crippen LogP contribution is 2.40. The van der Waals surface area contributed by atoms with Gasteiger partial charge in [-0.25, -0.2) is 8.78 Å². The second kappa shape index (κ2) is 3.98. The van der Waals surface area contributed by atoms with E-state index in [2.05, 4.69) is 0 Å². The summed E-state index contributed by atoms with van der Waals surface area (Å²) in [6, 6.07) is 0. The van der Waals surface area contributed by atoms with Crippen molar-refractivity contribution in [3.63, 3.8) is 0 Å². The molecule has 0 amide bonds. The maximum Gasteiger partial charge on any atom is 0.274 e. The molecule has 0 rings (SSSR count). The lowest BCUT2D eigenvalue weighted by Gasteiger charge is -2.18. The Balaban J connectivity index is 3.87. The van der Waals surface area contributed by atoms with E-state index in [1.54, 1.807) is 13.8 Å².